The van der Waals surface area contributed by atoms with Crippen LogP contribution in [0, 0.1) is 0 Å². The Kier molecular flexibility index (Phi) is 5.91. The van der Waals surface area contributed by atoms with E-state index in [9.17, 15) is 4.79 Å². The minimum absolute atomic E-state index is 0.0880. The summed E-state index contributed by atoms with van der Waals surface area (Å²) in [5.74, 6) is 2.37. The molecule has 0 unspecified atom stereocenters. The van der Waals surface area contributed by atoms with Crippen molar-refractivity contribution in [2.24, 2.45) is 0 Å². The number of ether oxygens (including phenoxy) is 7. The molecule has 2 aromatic carbocycles. The number of hydrogen-bond donors (Lipinski definition) is 0. The van der Waals surface area contributed by atoms with Gasteiger partial charge in [-0.3, -0.25) is 4.79 Å². The van der Waals surface area contributed by atoms with Crippen molar-refractivity contribution in [3.05, 3.63) is 29.3 Å². The Morgan fingerprint density at radius 3 is 1.86 bits per heavy atom. The standard InChI is InChI=1S/C21H24O8/c1-23-13-9-15(25-3)14(24-2)7-11(13)12-8-18(22)29-16-10-17(26-4)20(27-5)21(28-6)19(12)16/h7,9-10,12H,8H2,1-6H3/t12-/m1/s1. The zero-order valence-corrected chi connectivity index (χ0v) is 17.3. The highest BCUT2D eigenvalue weighted by molar-refractivity contribution is 5.81. The third kappa shape index (κ3) is 3.46. The number of esters is 1. The normalized spacial score (nSPS) is 15.1. The van der Waals surface area contributed by atoms with Gasteiger partial charge >= 0.3 is 5.97 Å². The third-order valence-corrected chi connectivity index (χ3v) is 4.88. The van der Waals surface area contributed by atoms with Gasteiger partial charge < -0.3 is 33.2 Å². The van der Waals surface area contributed by atoms with Gasteiger partial charge in [0.25, 0.3) is 0 Å². The second kappa shape index (κ2) is 8.38. The van der Waals surface area contributed by atoms with Gasteiger partial charge in [0.2, 0.25) is 5.75 Å². The molecular weight excluding hydrogens is 380 g/mol. The number of carbonyl (C=O) groups is 1. The van der Waals surface area contributed by atoms with Gasteiger partial charge in [-0.2, -0.15) is 0 Å². The van der Waals surface area contributed by atoms with Gasteiger partial charge in [0.15, 0.2) is 23.0 Å². The molecule has 0 amide bonds. The molecule has 0 aromatic heterocycles. The van der Waals surface area contributed by atoms with Crippen LogP contribution < -0.4 is 33.2 Å². The van der Waals surface area contributed by atoms with E-state index in [0.717, 1.165) is 5.56 Å². The van der Waals surface area contributed by atoms with Crippen LogP contribution in [0.2, 0.25) is 0 Å². The monoisotopic (exact) mass is 404 g/mol. The molecular formula is C21H24O8. The second-order valence-corrected chi connectivity index (χ2v) is 6.24. The molecule has 0 fully saturated rings. The van der Waals surface area contributed by atoms with E-state index in [1.165, 1.54) is 21.3 Å². The summed E-state index contributed by atoms with van der Waals surface area (Å²) in [5, 5.41) is 0. The molecule has 1 aliphatic rings. The molecule has 0 aliphatic carbocycles. The molecule has 0 spiro atoms. The van der Waals surface area contributed by atoms with Gasteiger partial charge in [0.1, 0.15) is 11.5 Å². The smallest absolute Gasteiger partial charge is 0.312 e. The van der Waals surface area contributed by atoms with Crippen molar-refractivity contribution in [2.45, 2.75) is 12.3 Å². The summed E-state index contributed by atoms with van der Waals surface area (Å²) in [5.41, 5.74) is 1.39. The van der Waals surface area contributed by atoms with Crippen molar-refractivity contribution in [3.8, 4) is 40.2 Å². The first kappa shape index (κ1) is 20.4. The Balaban J connectivity index is 2.30. The topological polar surface area (TPSA) is 81.7 Å². The van der Waals surface area contributed by atoms with Crippen molar-refractivity contribution in [3.63, 3.8) is 0 Å². The highest BCUT2D eigenvalue weighted by atomic mass is 16.6. The largest absolute Gasteiger partial charge is 0.496 e. The number of carbonyl (C=O) groups excluding carboxylic acids is 1. The second-order valence-electron chi connectivity index (χ2n) is 6.24. The number of methoxy groups -OCH3 is 6. The van der Waals surface area contributed by atoms with Crippen molar-refractivity contribution < 1.29 is 38.0 Å². The molecule has 29 heavy (non-hydrogen) atoms. The van der Waals surface area contributed by atoms with Gasteiger partial charge in [0.05, 0.1) is 49.1 Å². The fourth-order valence-electron chi connectivity index (χ4n) is 3.59. The van der Waals surface area contributed by atoms with E-state index >= 15 is 0 Å². The van der Waals surface area contributed by atoms with E-state index in [2.05, 4.69) is 0 Å². The molecule has 0 saturated heterocycles. The van der Waals surface area contributed by atoms with Crippen LogP contribution in [0.4, 0.5) is 0 Å². The van der Waals surface area contributed by atoms with Crippen molar-refractivity contribution in [1.82, 2.24) is 0 Å². The lowest BCUT2D eigenvalue weighted by molar-refractivity contribution is -0.135. The molecule has 1 heterocycles. The summed E-state index contributed by atoms with van der Waals surface area (Å²) in [6, 6.07) is 5.13. The zero-order chi connectivity index (χ0) is 21.1. The van der Waals surface area contributed by atoms with Crippen molar-refractivity contribution >= 4 is 5.97 Å². The minimum Gasteiger partial charge on any atom is -0.496 e. The van der Waals surface area contributed by atoms with Crippen LogP contribution in [0.5, 0.6) is 40.2 Å². The maximum atomic E-state index is 12.4. The lowest BCUT2D eigenvalue weighted by atomic mass is 9.84. The van der Waals surface area contributed by atoms with Crippen LogP contribution in [0.25, 0.3) is 0 Å². The molecule has 8 nitrogen and oxygen atoms in total. The Hall–Kier alpha value is -3.29. The summed E-state index contributed by atoms with van der Waals surface area (Å²) in [6.07, 6.45) is 0.0880. The van der Waals surface area contributed by atoms with Gasteiger partial charge in [-0.1, -0.05) is 0 Å². The minimum atomic E-state index is -0.421. The van der Waals surface area contributed by atoms with Crippen molar-refractivity contribution in [1.29, 1.82) is 0 Å². The zero-order valence-electron chi connectivity index (χ0n) is 17.3. The van der Waals surface area contributed by atoms with Crippen LogP contribution in [-0.2, 0) is 4.79 Å². The van der Waals surface area contributed by atoms with E-state index in [1.54, 1.807) is 39.5 Å². The van der Waals surface area contributed by atoms with Crippen LogP contribution in [0.3, 0.4) is 0 Å². The Labute approximate surface area is 169 Å². The van der Waals surface area contributed by atoms with E-state index in [-0.39, 0.29) is 12.4 Å². The first-order valence-corrected chi connectivity index (χ1v) is 8.86. The van der Waals surface area contributed by atoms with Crippen LogP contribution >= 0.6 is 0 Å². The van der Waals surface area contributed by atoms with E-state index in [4.69, 9.17) is 33.2 Å². The number of rotatable bonds is 7. The molecule has 156 valence electrons. The fourth-order valence-corrected chi connectivity index (χ4v) is 3.59. The molecule has 3 rings (SSSR count). The lowest BCUT2D eigenvalue weighted by Crippen LogP contribution is -2.22. The van der Waals surface area contributed by atoms with Gasteiger partial charge in [-0.05, 0) is 6.07 Å². The quantitative estimate of drug-likeness (QED) is 0.514. The summed E-state index contributed by atoms with van der Waals surface area (Å²) < 4.78 is 38.4. The predicted molar refractivity (Wildman–Crippen MR) is 104 cm³/mol. The van der Waals surface area contributed by atoms with Crippen LogP contribution in [0.1, 0.15) is 23.5 Å². The number of fused-ring (bicyclic) bond motifs is 1. The van der Waals surface area contributed by atoms with Crippen molar-refractivity contribution in [2.75, 3.05) is 42.7 Å². The molecule has 0 N–H and O–H groups in total. The highest BCUT2D eigenvalue weighted by Gasteiger charge is 2.37. The first-order chi connectivity index (χ1) is 14.0. The Morgan fingerprint density at radius 2 is 1.31 bits per heavy atom. The summed E-state index contributed by atoms with van der Waals surface area (Å²) in [7, 11) is 9.20. The van der Waals surface area contributed by atoms with E-state index < -0.39 is 5.92 Å². The molecule has 0 saturated carbocycles. The number of benzene rings is 2. The SMILES string of the molecule is COc1cc(OC)c([C@H]2CC(=O)Oc3cc(OC)c(OC)c(OC)c32)cc1OC. The molecule has 8 heteroatoms. The molecule has 2 aromatic rings. The molecule has 1 atom stereocenters. The van der Waals surface area contributed by atoms with Crippen LogP contribution in [0.15, 0.2) is 18.2 Å². The lowest BCUT2D eigenvalue weighted by Gasteiger charge is -2.29. The first-order valence-electron chi connectivity index (χ1n) is 8.86. The Morgan fingerprint density at radius 1 is 0.724 bits per heavy atom. The van der Waals surface area contributed by atoms with Crippen LogP contribution in [-0.4, -0.2) is 48.6 Å². The molecule has 0 bridgehead atoms. The van der Waals surface area contributed by atoms with Gasteiger partial charge in [0, 0.05) is 29.2 Å². The maximum absolute atomic E-state index is 12.4. The summed E-state index contributed by atoms with van der Waals surface area (Å²) >= 11 is 0. The highest BCUT2D eigenvalue weighted by Crippen LogP contribution is 2.54. The molecule has 1 aliphatic heterocycles. The fraction of sp³-hybridized carbons (Fsp3) is 0.381. The van der Waals surface area contributed by atoms with E-state index in [1.807, 2.05) is 0 Å². The summed E-state index contributed by atoms with van der Waals surface area (Å²) in [4.78, 5) is 12.4. The van der Waals surface area contributed by atoms with Gasteiger partial charge in [-0.25, -0.2) is 0 Å². The summed E-state index contributed by atoms with van der Waals surface area (Å²) in [6.45, 7) is 0. The average molecular weight is 404 g/mol. The molecule has 0 radical (unpaired) electrons. The maximum Gasteiger partial charge on any atom is 0.312 e. The Bertz CT molecular complexity index is 922. The van der Waals surface area contributed by atoms with Gasteiger partial charge in [-0.15, -0.1) is 0 Å². The number of hydrogen-bond acceptors (Lipinski definition) is 8. The van der Waals surface area contributed by atoms with E-state index in [0.29, 0.717) is 45.8 Å². The predicted octanol–water partition coefficient (Wildman–Crippen LogP) is 3.18. The third-order valence-electron chi connectivity index (χ3n) is 4.88. The average Bonchev–Trinajstić information content (AvgIpc) is 2.75.